The molecule has 0 saturated carbocycles. The van der Waals surface area contributed by atoms with Crippen LogP contribution in [0.1, 0.15) is 0 Å². The average molecular weight is 853 g/mol. The van der Waals surface area contributed by atoms with Gasteiger partial charge in [0.25, 0.3) is 0 Å². The number of furan rings is 1. The van der Waals surface area contributed by atoms with Crippen molar-refractivity contribution in [3.8, 4) is 33.4 Å². The van der Waals surface area contributed by atoms with Crippen molar-refractivity contribution in [2.45, 2.75) is 0 Å². The zero-order chi connectivity index (χ0) is 43.0. The molecule has 0 saturated heterocycles. The van der Waals surface area contributed by atoms with Crippen LogP contribution < -0.4 is 0 Å². The highest BCUT2D eigenvalue weighted by atomic mass is 32.1. The van der Waals surface area contributed by atoms with Gasteiger partial charge in [-0.3, -0.25) is 0 Å². The summed E-state index contributed by atoms with van der Waals surface area (Å²) in [5, 5.41) is 22.4. The van der Waals surface area contributed by atoms with E-state index in [9.17, 15) is 0 Å². The molecule has 66 heavy (non-hydrogen) atoms. The van der Waals surface area contributed by atoms with Crippen molar-refractivity contribution in [3.05, 3.63) is 218 Å². The van der Waals surface area contributed by atoms with E-state index in [0.29, 0.717) is 0 Å². The maximum atomic E-state index is 6.73. The number of benzene rings is 13. The van der Waals surface area contributed by atoms with E-state index in [-0.39, 0.29) is 0 Å². The van der Waals surface area contributed by atoms with Gasteiger partial charge in [0.15, 0.2) is 0 Å². The number of rotatable bonds is 3. The molecular formula is C64H36OS. The highest BCUT2D eigenvalue weighted by Gasteiger charge is 2.24. The Balaban J connectivity index is 1.01. The van der Waals surface area contributed by atoms with Crippen LogP contribution in [0.25, 0.3) is 151 Å². The quantitative estimate of drug-likeness (QED) is 0.127. The Kier molecular flexibility index (Phi) is 7.44. The molecule has 15 aromatic rings. The number of hydrogen-bond donors (Lipinski definition) is 0. The first-order valence-electron chi connectivity index (χ1n) is 22.7. The highest BCUT2D eigenvalue weighted by Crippen LogP contribution is 2.52. The summed E-state index contributed by atoms with van der Waals surface area (Å²) in [7, 11) is 0. The lowest BCUT2D eigenvalue weighted by Gasteiger charge is -2.22. The van der Waals surface area contributed by atoms with Crippen LogP contribution in [-0.2, 0) is 0 Å². The summed E-state index contributed by atoms with van der Waals surface area (Å²) < 4.78 is 9.38. The fourth-order valence-corrected chi connectivity index (χ4v) is 12.9. The summed E-state index contributed by atoms with van der Waals surface area (Å²) >= 11 is 1.90. The average Bonchev–Trinajstić information content (AvgIpc) is 3.95. The normalized spacial score (nSPS) is 12.2. The molecule has 0 aliphatic heterocycles. The zero-order valence-corrected chi connectivity index (χ0v) is 36.4. The molecule has 0 aliphatic rings. The summed E-state index contributed by atoms with van der Waals surface area (Å²) in [5.41, 5.74) is 9.34. The van der Waals surface area contributed by atoms with E-state index >= 15 is 0 Å². The molecule has 0 radical (unpaired) electrons. The lowest BCUT2D eigenvalue weighted by molar-refractivity contribution is 0.669. The van der Waals surface area contributed by atoms with Crippen LogP contribution in [0, 0.1) is 0 Å². The topological polar surface area (TPSA) is 13.1 Å². The molecule has 13 aromatic carbocycles. The van der Waals surface area contributed by atoms with Gasteiger partial charge < -0.3 is 4.42 Å². The van der Waals surface area contributed by atoms with Crippen LogP contribution in [0.3, 0.4) is 0 Å². The predicted molar refractivity (Wildman–Crippen MR) is 285 cm³/mol. The molecule has 0 unspecified atom stereocenters. The molecular weight excluding hydrogens is 817 g/mol. The van der Waals surface area contributed by atoms with E-state index in [0.717, 1.165) is 21.9 Å². The van der Waals surface area contributed by atoms with Crippen LogP contribution in [0.5, 0.6) is 0 Å². The lowest BCUT2D eigenvalue weighted by Crippen LogP contribution is -1.94. The van der Waals surface area contributed by atoms with Gasteiger partial charge in [-0.05, 0) is 134 Å². The summed E-state index contributed by atoms with van der Waals surface area (Å²) in [6, 6.07) is 81.0. The van der Waals surface area contributed by atoms with Gasteiger partial charge in [-0.1, -0.05) is 188 Å². The van der Waals surface area contributed by atoms with E-state index in [1.165, 1.54) is 129 Å². The summed E-state index contributed by atoms with van der Waals surface area (Å²) in [6.07, 6.45) is 0. The molecule has 2 aromatic heterocycles. The minimum absolute atomic E-state index is 0.896. The molecule has 0 bridgehead atoms. The standard InChI is InChI=1S/C64H36OS/c1-3-18-40-38(16-1)39-17-2-4-19-41(39)54-36-58-56(35-53(40)54)55-34-37(32-33-57(55)65-58)60-43-21-5-9-25-47(43)62(48-26-10-6-22-44(48)60)63-49-27-11-7-23-45(49)61(46-24-8-12-28-50(46)63)52-30-15-29-51-42-20-13-14-31-59(42)66-64(51)52/h1-36H. The Bertz CT molecular complexity index is 4470. The Morgan fingerprint density at radius 3 is 1.20 bits per heavy atom. The first kappa shape index (κ1) is 36.1. The molecule has 0 fully saturated rings. The van der Waals surface area contributed by atoms with Crippen LogP contribution in [0.15, 0.2) is 223 Å². The third kappa shape index (κ3) is 4.94. The molecule has 304 valence electrons. The first-order chi connectivity index (χ1) is 32.8. The van der Waals surface area contributed by atoms with Gasteiger partial charge in [0, 0.05) is 36.5 Å². The molecule has 1 nitrogen and oxygen atoms in total. The van der Waals surface area contributed by atoms with Gasteiger partial charge in [-0.25, -0.2) is 0 Å². The monoisotopic (exact) mass is 852 g/mol. The van der Waals surface area contributed by atoms with Crippen molar-refractivity contribution in [2.75, 3.05) is 0 Å². The van der Waals surface area contributed by atoms with Crippen LogP contribution >= 0.6 is 11.3 Å². The third-order valence-electron chi connectivity index (χ3n) is 14.4. The second kappa shape index (κ2) is 13.6. The van der Waals surface area contributed by atoms with Gasteiger partial charge in [0.2, 0.25) is 0 Å². The molecule has 2 heteroatoms. The van der Waals surface area contributed by atoms with Gasteiger partial charge in [0.1, 0.15) is 11.2 Å². The van der Waals surface area contributed by atoms with E-state index in [2.05, 4.69) is 218 Å². The van der Waals surface area contributed by atoms with E-state index in [1.54, 1.807) is 0 Å². The Morgan fingerprint density at radius 1 is 0.242 bits per heavy atom. The fraction of sp³-hybridized carbons (Fsp3) is 0. The Hall–Kier alpha value is -8.30. The number of fused-ring (bicyclic) bond motifs is 16. The van der Waals surface area contributed by atoms with Crippen LogP contribution in [0.2, 0.25) is 0 Å². The van der Waals surface area contributed by atoms with Crippen LogP contribution in [-0.4, -0.2) is 0 Å². The van der Waals surface area contributed by atoms with Crippen molar-refractivity contribution in [1.82, 2.24) is 0 Å². The largest absolute Gasteiger partial charge is 0.456 e. The summed E-state index contributed by atoms with van der Waals surface area (Å²) in [5.74, 6) is 0. The molecule has 0 aliphatic carbocycles. The van der Waals surface area contributed by atoms with E-state index in [1.807, 2.05) is 11.3 Å². The number of hydrogen-bond acceptors (Lipinski definition) is 2. The molecule has 0 N–H and O–H groups in total. The minimum atomic E-state index is 0.896. The van der Waals surface area contributed by atoms with Gasteiger partial charge in [-0.2, -0.15) is 0 Å². The molecule has 0 atom stereocenters. The predicted octanol–water partition coefficient (Wildman–Crippen LogP) is 19.0. The van der Waals surface area contributed by atoms with Gasteiger partial charge in [-0.15, -0.1) is 11.3 Å². The van der Waals surface area contributed by atoms with Crippen molar-refractivity contribution in [3.63, 3.8) is 0 Å². The van der Waals surface area contributed by atoms with Crippen molar-refractivity contribution in [2.24, 2.45) is 0 Å². The van der Waals surface area contributed by atoms with Gasteiger partial charge >= 0.3 is 0 Å². The Morgan fingerprint density at radius 2 is 0.652 bits per heavy atom. The second-order valence-electron chi connectivity index (χ2n) is 17.8. The molecule has 2 heterocycles. The van der Waals surface area contributed by atoms with Crippen molar-refractivity contribution < 1.29 is 4.42 Å². The SMILES string of the molecule is c1ccc2c(c1)sc1c(-c3c4ccccc4c(-c4c5ccccc5c(-c5ccc6oc7cc8c9ccccc9c9ccccc9c8cc7c6c5)c5ccccc45)c4ccccc34)cccc12. The first-order valence-corrected chi connectivity index (χ1v) is 23.6. The third-order valence-corrected chi connectivity index (χ3v) is 15.6. The molecule has 0 amide bonds. The maximum Gasteiger partial charge on any atom is 0.136 e. The number of thiophene rings is 1. The summed E-state index contributed by atoms with van der Waals surface area (Å²) in [6.45, 7) is 0. The zero-order valence-electron chi connectivity index (χ0n) is 35.6. The second-order valence-corrected chi connectivity index (χ2v) is 18.8. The molecule has 0 spiro atoms. The smallest absolute Gasteiger partial charge is 0.136 e. The Labute approximate surface area is 383 Å². The summed E-state index contributed by atoms with van der Waals surface area (Å²) in [4.78, 5) is 0. The van der Waals surface area contributed by atoms with E-state index in [4.69, 9.17) is 4.42 Å². The van der Waals surface area contributed by atoms with Crippen molar-refractivity contribution in [1.29, 1.82) is 0 Å². The van der Waals surface area contributed by atoms with Crippen molar-refractivity contribution >= 4 is 129 Å². The van der Waals surface area contributed by atoms with Crippen LogP contribution in [0.4, 0.5) is 0 Å². The fourth-order valence-electron chi connectivity index (χ4n) is 11.7. The minimum Gasteiger partial charge on any atom is -0.456 e. The van der Waals surface area contributed by atoms with E-state index < -0.39 is 0 Å². The lowest BCUT2D eigenvalue weighted by atomic mass is 9.81. The van der Waals surface area contributed by atoms with Gasteiger partial charge in [0.05, 0.1) is 0 Å². The molecule has 15 rings (SSSR count). The maximum absolute atomic E-state index is 6.73. The highest BCUT2D eigenvalue weighted by molar-refractivity contribution is 7.26.